The molecule has 30 heavy (non-hydrogen) atoms. The van der Waals surface area contributed by atoms with Crippen LogP contribution in [0, 0.1) is 0 Å². The Morgan fingerprint density at radius 3 is 2.40 bits per heavy atom. The van der Waals surface area contributed by atoms with E-state index in [2.05, 4.69) is 10.3 Å². The number of rotatable bonds is 3. The molecule has 9 heteroatoms. The van der Waals surface area contributed by atoms with Crippen LogP contribution in [0.4, 0.5) is 0 Å². The molecule has 1 aromatic carbocycles. The highest BCUT2D eigenvalue weighted by molar-refractivity contribution is 5.95. The summed E-state index contributed by atoms with van der Waals surface area (Å²) in [5.74, 6) is -0.259. The first kappa shape index (κ1) is 18.6. The van der Waals surface area contributed by atoms with Gasteiger partial charge in [-0.2, -0.15) is 0 Å². The van der Waals surface area contributed by atoms with E-state index in [9.17, 15) is 9.59 Å². The van der Waals surface area contributed by atoms with Gasteiger partial charge in [0.1, 0.15) is 12.4 Å². The number of benzene rings is 1. The average Bonchev–Trinajstić information content (AvgIpc) is 3.49. The Hall–Kier alpha value is -3.46. The lowest BCUT2D eigenvalue weighted by molar-refractivity contribution is -0.00202. The number of fused-ring (bicyclic) bond motifs is 1. The van der Waals surface area contributed by atoms with Crippen LogP contribution in [0.5, 0.6) is 0 Å². The zero-order valence-electron chi connectivity index (χ0n) is 16.3. The van der Waals surface area contributed by atoms with Gasteiger partial charge in [0.2, 0.25) is 0 Å². The SMILES string of the molecule is O=C(c1ccoc1)N1CCN(C(=O)c2nnn3c2CO[C@@H](c2ccccc2)C3)CC1. The molecule has 154 valence electrons. The first-order chi connectivity index (χ1) is 14.7. The summed E-state index contributed by atoms with van der Waals surface area (Å²) in [7, 11) is 0. The summed E-state index contributed by atoms with van der Waals surface area (Å²) >= 11 is 0. The van der Waals surface area contributed by atoms with E-state index < -0.39 is 0 Å². The third-order valence-corrected chi connectivity index (χ3v) is 5.59. The number of nitrogens with zero attached hydrogens (tertiary/aromatic N) is 5. The molecule has 2 aromatic heterocycles. The van der Waals surface area contributed by atoms with E-state index in [1.54, 1.807) is 20.5 Å². The Morgan fingerprint density at radius 2 is 1.70 bits per heavy atom. The summed E-state index contributed by atoms with van der Waals surface area (Å²) in [5, 5.41) is 8.33. The molecule has 2 aliphatic rings. The second-order valence-electron chi connectivity index (χ2n) is 7.37. The number of carbonyl (C=O) groups is 2. The monoisotopic (exact) mass is 407 g/mol. The molecule has 0 N–H and O–H groups in total. The van der Waals surface area contributed by atoms with E-state index >= 15 is 0 Å². The minimum Gasteiger partial charge on any atom is -0.472 e. The normalized spacial score (nSPS) is 18.9. The minimum atomic E-state index is -0.173. The third kappa shape index (κ3) is 3.37. The third-order valence-electron chi connectivity index (χ3n) is 5.59. The molecule has 1 saturated heterocycles. The summed E-state index contributed by atoms with van der Waals surface area (Å²) < 4.78 is 12.7. The van der Waals surface area contributed by atoms with Gasteiger partial charge in [-0.1, -0.05) is 35.5 Å². The van der Waals surface area contributed by atoms with Gasteiger partial charge in [0.05, 0.1) is 30.7 Å². The smallest absolute Gasteiger partial charge is 0.276 e. The van der Waals surface area contributed by atoms with E-state index in [4.69, 9.17) is 9.15 Å². The predicted octanol–water partition coefficient (Wildman–Crippen LogP) is 1.74. The van der Waals surface area contributed by atoms with Crippen molar-refractivity contribution in [2.24, 2.45) is 0 Å². The zero-order chi connectivity index (χ0) is 20.5. The molecule has 1 fully saturated rings. The zero-order valence-corrected chi connectivity index (χ0v) is 16.3. The highest BCUT2D eigenvalue weighted by Crippen LogP contribution is 2.27. The molecule has 0 radical (unpaired) electrons. The summed E-state index contributed by atoms with van der Waals surface area (Å²) in [6.07, 6.45) is 2.80. The van der Waals surface area contributed by atoms with Crippen molar-refractivity contribution in [2.45, 2.75) is 19.3 Å². The fourth-order valence-electron chi connectivity index (χ4n) is 3.88. The van der Waals surface area contributed by atoms with E-state index in [-0.39, 0.29) is 24.5 Å². The molecule has 0 saturated carbocycles. The van der Waals surface area contributed by atoms with Gasteiger partial charge < -0.3 is 19.0 Å². The Balaban J connectivity index is 1.24. The van der Waals surface area contributed by atoms with E-state index in [0.717, 1.165) is 5.56 Å². The van der Waals surface area contributed by atoms with Crippen molar-refractivity contribution >= 4 is 11.8 Å². The van der Waals surface area contributed by atoms with E-state index in [1.165, 1.54) is 12.5 Å². The van der Waals surface area contributed by atoms with Crippen LogP contribution in [-0.4, -0.2) is 62.8 Å². The highest BCUT2D eigenvalue weighted by atomic mass is 16.5. The number of ether oxygens (including phenoxy) is 1. The van der Waals surface area contributed by atoms with Gasteiger partial charge in [-0.15, -0.1) is 5.10 Å². The fraction of sp³-hybridized carbons (Fsp3) is 0.333. The summed E-state index contributed by atoms with van der Waals surface area (Å²) in [4.78, 5) is 28.9. The molecule has 1 atom stereocenters. The number of carbonyl (C=O) groups excluding carboxylic acids is 2. The number of amides is 2. The Kier molecular flexibility index (Phi) is 4.80. The van der Waals surface area contributed by atoms with Crippen molar-refractivity contribution in [2.75, 3.05) is 26.2 Å². The van der Waals surface area contributed by atoms with Gasteiger partial charge >= 0.3 is 0 Å². The molecule has 4 heterocycles. The molecule has 0 spiro atoms. The molecule has 5 rings (SSSR count). The van der Waals surface area contributed by atoms with E-state index in [0.29, 0.717) is 49.7 Å². The van der Waals surface area contributed by atoms with Crippen LogP contribution in [0.15, 0.2) is 53.3 Å². The lowest BCUT2D eigenvalue weighted by Crippen LogP contribution is -2.50. The van der Waals surface area contributed by atoms with Crippen molar-refractivity contribution in [3.8, 4) is 0 Å². The summed E-state index contributed by atoms with van der Waals surface area (Å²) in [5.41, 5.74) is 2.62. The molecular formula is C21H21N5O4. The van der Waals surface area contributed by atoms with Crippen LogP contribution in [-0.2, 0) is 17.9 Å². The second kappa shape index (κ2) is 7.75. The average molecular weight is 407 g/mol. The van der Waals surface area contributed by atoms with Crippen molar-refractivity contribution in [3.05, 3.63) is 71.4 Å². The Bertz CT molecular complexity index is 1040. The predicted molar refractivity (Wildman–Crippen MR) is 105 cm³/mol. The Labute approximate surface area is 172 Å². The molecule has 2 amide bonds. The lowest BCUT2D eigenvalue weighted by atomic mass is 10.1. The Morgan fingerprint density at radius 1 is 0.967 bits per heavy atom. The molecule has 0 unspecified atom stereocenters. The number of aromatic nitrogens is 3. The van der Waals surface area contributed by atoms with Crippen molar-refractivity contribution in [1.29, 1.82) is 0 Å². The minimum absolute atomic E-state index is 0.0859. The molecule has 9 nitrogen and oxygen atoms in total. The van der Waals surface area contributed by atoms with Crippen LogP contribution in [0.2, 0.25) is 0 Å². The maximum Gasteiger partial charge on any atom is 0.276 e. The topological polar surface area (TPSA) is 93.7 Å². The van der Waals surface area contributed by atoms with Crippen molar-refractivity contribution in [1.82, 2.24) is 24.8 Å². The van der Waals surface area contributed by atoms with Gasteiger partial charge in [-0.05, 0) is 11.6 Å². The number of piperazine rings is 1. The molecular weight excluding hydrogens is 386 g/mol. The second-order valence-corrected chi connectivity index (χ2v) is 7.37. The van der Waals surface area contributed by atoms with Crippen LogP contribution in [0.1, 0.15) is 38.2 Å². The maximum atomic E-state index is 13.0. The van der Waals surface area contributed by atoms with Gasteiger partial charge in [-0.3, -0.25) is 9.59 Å². The number of furan rings is 1. The van der Waals surface area contributed by atoms with Crippen molar-refractivity contribution < 1.29 is 18.7 Å². The number of hydrogen-bond donors (Lipinski definition) is 0. The van der Waals surface area contributed by atoms with Crippen molar-refractivity contribution in [3.63, 3.8) is 0 Å². The number of hydrogen-bond acceptors (Lipinski definition) is 6. The molecule has 3 aromatic rings. The van der Waals surface area contributed by atoms with Crippen LogP contribution < -0.4 is 0 Å². The molecule has 2 aliphatic heterocycles. The van der Waals surface area contributed by atoms with Crippen LogP contribution in [0.3, 0.4) is 0 Å². The fourth-order valence-corrected chi connectivity index (χ4v) is 3.88. The van der Waals surface area contributed by atoms with Gasteiger partial charge in [0.15, 0.2) is 5.69 Å². The molecule has 0 bridgehead atoms. The van der Waals surface area contributed by atoms with E-state index in [1.807, 2.05) is 30.3 Å². The quantitative estimate of drug-likeness (QED) is 0.657. The van der Waals surface area contributed by atoms with Gasteiger partial charge in [0.25, 0.3) is 11.8 Å². The highest BCUT2D eigenvalue weighted by Gasteiger charge is 2.32. The van der Waals surface area contributed by atoms with Crippen LogP contribution in [0.25, 0.3) is 0 Å². The maximum absolute atomic E-state index is 13.0. The summed E-state index contributed by atoms with van der Waals surface area (Å²) in [6.45, 7) is 2.63. The van der Waals surface area contributed by atoms with Crippen LogP contribution >= 0.6 is 0 Å². The summed E-state index contributed by atoms with van der Waals surface area (Å²) in [6, 6.07) is 11.6. The largest absolute Gasteiger partial charge is 0.472 e. The lowest BCUT2D eigenvalue weighted by Gasteiger charge is -2.34. The standard InChI is InChI=1S/C21H21N5O4/c27-20(16-6-11-29-13-16)24-7-9-25(10-8-24)21(28)19-17-14-30-18(12-26(17)23-22-19)15-4-2-1-3-5-15/h1-6,11,13,18H,7-10,12,14H2/t18-/m1/s1. The first-order valence-electron chi connectivity index (χ1n) is 9.90. The first-order valence-corrected chi connectivity index (χ1v) is 9.90. The van der Waals surface area contributed by atoms with Gasteiger partial charge in [0, 0.05) is 26.2 Å². The van der Waals surface area contributed by atoms with Gasteiger partial charge in [-0.25, -0.2) is 4.68 Å². The molecule has 0 aliphatic carbocycles.